The molecule has 0 spiro atoms. The second-order valence-corrected chi connectivity index (χ2v) is 5.74. The number of amides is 1. The maximum atomic E-state index is 12.8. The Labute approximate surface area is 114 Å². The zero-order chi connectivity index (χ0) is 13.4. The van der Waals surface area contributed by atoms with Crippen LogP contribution in [0.5, 0.6) is 0 Å². The molecule has 102 valence electrons. The molecular formula is C16H21NO2. The first-order valence-corrected chi connectivity index (χ1v) is 7.11. The van der Waals surface area contributed by atoms with E-state index in [1.807, 2.05) is 31.2 Å². The van der Waals surface area contributed by atoms with E-state index < -0.39 is 0 Å². The highest BCUT2D eigenvalue weighted by Gasteiger charge is 2.43. The first-order chi connectivity index (χ1) is 9.20. The van der Waals surface area contributed by atoms with Crippen LogP contribution in [0.25, 0.3) is 0 Å². The Morgan fingerprint density at radius 1 is 1.21 bits per heavy atom. The van der Waals surface area contributed by atoms with Crippen LogP contribution in [0.3, 0.4) is 0 Å². The predicted octanol–water partition coefficient (Wildman–Crippen LogP) is 2.78. The number of nitrogens with zero attached hydrogens (tertiary/aromatic N) is 1. The Balaban J connectivity index is 1.84. The van der Waals surface area contributed by atoms with Crippen molar-refractivity contribution < 1.29 is 9.53 Å². The Morgan fingerprint density at radius 2 is 1.84 bits per heavy atom. The Bertz CT molecular complexity index is 471. The van der Waals surface area contributed by atoms with Gasteiger partial charge in [-0.1, -0.05) is 18.2 Å². The van der Waals surface area contributed by atoms with E-state index in [0.29, 0.717) is 18.2 Å². The van der Waals surface area contributed by atoms with Crippen molar-refractivity contribution in [2.45, 2.75) is 50.8 Å². The average molecular weight is 259 g/mol. The third-order valence-corrected chi connectivity index (χ3v) is 4.63. The fourth-order valence-corrected chi connectivity index (χ4v) is 3.60. The third-order valence-electron chi connectivity index (χ3n) is 4.63. The van der Waals surface area contributed by atoms with E-state index >= 15 is 0 Å². The monoisotopic (exact) mass is 259 g/mol. The molecule has 3 heteroatoms. The third kappa shape index (κ3) is 2.16. The lowest BCUT2D eigenvalue weighted by Gasteiger charge is -2.38. The van der Waals surface area contributed by atoms with Gasteiger partial charge in [-0.15, -0.1) is 0 Å². The number of methoxy groups -OCH3 is 1. The predicted molar refractivity (Wildman–Crippen MR) is 74.2 cm³/mol. The van der Waals surface area contributed by atoms with Crippen molar-refractivity contribution in [1.82, 2.24) is 4.90 Å². The Kier molecular flexibility index (Phi) is 3.31. The van der Waals surface area contributed by atoms with Gasteiger partial charge >= 0.3 is 0 Å². The summed E-state index contributed by atoms with van der Waals surface area (Å²) in [5.74, 6) is 0.208. The van der Waals surface area contributed by atoms with Crippen LogP contribution in [0.1, 0.15) is 41.6 Å². The molecule has 0 radical (unpaired) electrons. The van der Waals surface area contributed by atoms with Gasteiger partial charge < -0.3 is 9.64 Å². The van der Waals surface area contributed by atoms with Gasteiger partial charge in [0.1, 0.15) is 0 Å². The summed E-state index contributed by atoms with van der Waals surface area (Å²) in [4.78, 5) is 14.9. The summed E-state index contributed by atoms with van der Waals surface area (Å²) >= 11 is 0. The molecule has 2 aliphatic rings. The molecule has 1 aromatic rings. The number of benzene rings is 1. The molecule has 0 saturated carbocycles. The van der Waals surface area contributed by atoms with Gasteiger partial charge in [-0.2, -0.15) is 0 Å². The summed E-state index contributed by atoms with van der Waals surface area (Å²) in [6.07, 6.45) is 4.57. The largest absolute Gasteiger partial charge is 0.381 e. The van der Waals surface area contributed by atoms with Crippen molar-refractivity contribution >= 4 is 5.91 Å². The van der Waals surface area contributed by atoms with Crippen LogP contribution in [0.4, 0.5) is 0 Å². The van der Waals surface area contributed by atoms with Crippen LogP contribution in [-0.4, -0.2) is 36.1 Å². The molecule has 0 aliphatic carbocycles. The molecule has 2 aliphatic heterocycles. The molecule has 1 aromatic carbocycles. The van der Waals surface area contributed by atoms with Crippen molar-refractivity contribution in [3.05, 3.63) is 35.4 Å². The summed E-state index contributed by atoms with van der Waals surface area (Å²) < 4.78 is 5.49. The molecule has 2 fully saturated rings. The molecule has 0 N–H and O–H groups in total. The average Bonchev–Trinajstić information content (AvgIpc) is 2.69. The molecule has 3 nitrogen and oxygen atoms in total. The summed E-state index contributed by atoms with van der Waals surface area (Å²) in [6.45, 7) is 2.01. The van der Waals surface area contributed by atoms with Crippen molar-refractivity contribution in [3.63, 3.8) is 0 Å². The van der Waals surface area contributed by atoms with Gasteiger partial charge in [0.25, 0.3) is 5.91 Å². The number of hydrogen-bond acceptors (Lipinski definition) is 2. The van der Waals surface area contributed by atoms with Gasteiger partial charge in [0.05, 0.1) is 6.10 Å². The van der Waals surface area contributed by atoms with Gasteiger partial charge in [0.2, 0.25) is 0 Å². The highest BCUT2D eigenvalue weighted by atomic mass is 16.5. The van der Waals surface area contributed by atoms with E-state index in [1.165, 1.54) is 0 Å². The number of carbonyl (C=O) groups excluding carboxylic acids is 1. The Hall–Kier alpha value is -1.35. The maximum Gasteiger partial charge on any atom is 0.254 e. The first-order valence-electron chi connectivity index (χ1n) is 7.11. The number of ether oxygens (including phenoxy) is 1. The highest BCUT2D eigenvalue weighted by Crippen LogP contribution is 2.37. The van der Waals surface area contributed by atoms with Crippen LogP contribution >= 0.6 is 0 Å². The van der Waals surface area contributed by atoms with E-state index in [9.17, 15) is 4.79 Å². The fourth-order valence-electron chi connectivity index (χ4n) is 3.60. The van der Waals surface area contributed by atoms with Crippen LogP contribution in [0, 0.1) is 6.92 Å². The van der Waals surface area contributed by atoms with Gasteiger partial charge in [-0.25, -0.2) is 0 Å². The lowest BCUT2D eigenvalue weighted by molar-refractivity contribution is 0.00819. The fraction of sp³-hybridized carbons (Fsp3) is 0.562. The van der Waals surface area contributed by atoms with E-state index in [1.54, 1.807) is 7.11 Å². The number of piperidine rings is 1. The van der Waals surface area contributed by atoms with Gasteiger partial charge in [0.15, 0.2) is 0 Å². The number of hydrogen-bond donors (Lipinski definition) is 0. The standard InChI is InChI=1S/C16H21NO2/c1-11-5-3-4-6-15(11)16(18)17-12-7-8-13(17)10-14(9-12)19-2/h3-6,12-14H,7-10H2,1-2H3. The van der Waals surface area contributed by atoms with Crippen molar-refractivity contribution in [1.29, 1.82) is 0 Å². The first kappa shape index (κ1) is 12.7. The van der Waals surface area contributed by atoms with Crippen molar-refractivity contribution in [2.75, 3.05) is 7.11 Å². The van der Waals surface area contributed by atoms with E-state index in [2.05, 4.69) is 4.90 Å². The Morgan fingerprint density at radius 3 is 2.42 bits per heavy atom. The normalized spacial score (nSPS) is 29.6. The molecule has 0 aromatic heterocycles. The molecule has 2 heterocycles. The number of carbonyl (C=O) groups is 1. The van der Waals surface area contributed by atoms with Crippen LogP contribution in [0.15, 0.2) is 24.3 Å². The molecule has 2 bridgehead atoms. The summed E-state index contributed by atoms with van der Waals surface area (Å²) in [5, 5.41) is 0. The van der Waals surface area contributed by atoms with E-state index in [4.69, 9.17) is 4.74 Å². The van der Waals surface area contributed by atoms with E-state index in [-0.39, 0.29) is 5.91 Å². The molecule has 1 amide bonds. The van der Waals surface area contributed by atoms with Gasteiger partial charge in [-0.3, -0.25) is 4.79 Å². The quantitative estimate of drug-likeness (QED) is 0.817. The highest BCUT2D eigenvalue weighted by molar-refractivity contribution is 5.96. The minimum absolute atomic E-state index is 0.208. The molecule has 3 rings (SSSR count). The molecule has 2 atom stereocenters. The molecule has 2 saturated heterocycles. The van der Waals surface area contributed by atoms with E-state index in [0.717, 1.165) is 36.8 Å². The zero-order valence-corrected chi connectivity index (χ0v) is 11.6. The number of aryl methyl sites for hydroxylation is 1. The smallest absolute Gasteiger partial charge is 0.254 e. The SMILES string of the molecule is COC1CC2CCC(C1)N2C(=O)c1ccccc1C. The number of rotatable bonds is 2. The topological polar surface area (TPSA) is 29.5 Å². The minimum Gasteiger partial charge on any atom is -0.381 e. The number of fused-ring (bicyclic) bond motifs is 2. The maximum absolute atomic E-state index is 12.8. The lowest BCUT2D eigenvalue weighted by atomic mass is 9.97. The molecule has 19 heavy (non-hydrogen) atoms. The summed E-state index contributed by atoms with van der Waals surface area (Å²) in [6, 6.07) is 8.63. The summed E-state index contributed by atoms with van der Waals surface area (Å²) in [5.41, 5.74) is 1.93. The lowest BCUT2D eigenvalue weighted by Crippen LogP contribution is -2.48. The minimum atomic E-state index is 0.208. The van der Waals surface area contributed by atoms with Gasteiger partial charge in [0, 0.05) is 24.8 Å². The second kappa shape index (κ2) is 4.97. The summed E-state index contributed by atoms with van der Waals surface area (Å²) in [7, 11) is 1.78. The van der Waals surface area contributed by atoms with Crippen molar-refractivity contribution in [2.24, 2.45) is 0 Å². The molecule has 2 unspecified atom stereocenters. The van der Waals surface area contributed by atoms with Crippen LogP contribution < -0.4 is 0 Å². The zero-order valence-electron chi connectivity index (χ0n) is 11.6. The van der Waals surface area contributed by atoms with Gasteiger partial charge in [-0.05, 0) is 44.2 Å². The van der Waals surface area contributed by atoms with Crippen molar-refractivity contribution in [3.8, 4) is 0 Å². The van der Waals surface area contributed by atoms with Crippen LogP contribution in [0.2, 0.25) is 0 Å². The second-order valence-electron chi connectivity index (χ2n) is 5.74. The molecular weight excluding hydrogens is 238 g/mol. The van der Waals surface area contributed by atoms with Crippen LogP contribution in [-0.2, 0) is 4.74 Å².